The fourth-order valence-electron chi connectivity index (χ4n) is 4.17. The molecule has 0 spiro atoms. The van der Waals surface area contributed by atoms with Crippen LogP contribution in [0.5, 0.6) is 0 Å². The standard InChI is InChI=1S/C21H24N6O2.ClH/c28-20(14-5-7-22-8-6-14)24-19-12-16-13-26(9-10-27(16)25-19)21(29)18-11-15-3-1-2-4-17(15)23-18;/h1-4,11-12,14,22-23H,5-10,13H2,(H,24,25,28);1H. The first-order valence-corrected chi connectivity index (χ1v) is 10.1. The van der Waals surface area contributed by atoms with E-state index in [1.54, 1.807) is 0 Å². The lowest BCUT2D eigenvalue weighted by atomic mass is 9.97. The zero-order valence-corrected chi connectivity index (χ0v) is 17.4. The molecule has 0 unspecified atom stereocenters. The monoisotopic (exact) mass is 428 g/mol. The molecule has 2 amide bonds. The molecule has 30 heavy (non-hydrogen) atoms. The number of amides is 2. The van der Waals surface area contributed by atoms with Crippen LogP contribution >= 0.6 is 12.4 Å². The van der Waals surface area contributed by atoms with Crippen LogP contribution in [0, 0.1) is 5.92 Å². The van der Waals surface area contributed by atoms with Gasteiger partial charge >= 0.3 is 0 Å². The number of benzene rings is 1. The average molecular weight is 429 g/mol. The molecule has 1 fully saturated rings. The number of halogens is 1. The summed E-state index contributed by atoms with van der Waals surface area (Å²) in [6, 6.07) is 11.6. The van der Waals surface area contributed by atoms with E-state index < -0.39 is 0 Å². The summed E-state index contributed by atoms with van der Waals surface area (Å²) >= 11 is 0. The Morgan fingerprint density at radius 2 is 1.90 bits per heavy atom. The van der Waals surface area contributed by atoms with E-state index >= 15 is 0 Å². The highest BCUT2D eigenvalue weighted by Gasteiger charge is 2.26. The molecule has 0 aliphatic carbocycles. The van der Waals surface area contributed by atoms with Gasteiger partial charge in [-0.2, -0.15) is 5.10 Å². The van der Waals surface area contributed by atoms with E-state index in [0.717, 1.165) is 42.5 Å². The highest BCUT2D eigenvalue weighted by atomic mass is 35.5. The summed E-state index contributed by atoms with van der Waals surface area (Å²) in [5.74, 6) is 0.625. The topological polar surface area (TPSA) is 95.1 Å². The zero-order valence-electron chi connectivity index (χ0n) is 16.6. The Morgan fingerprint density at radius 3 is 2.70 bits per heavy atom. The van der Waals surface area contributed by atoms with Crippen LogP contribution in [0.15, 0.2) is 36.4 Å². The Kier molecular flexibility index (Phi) is 5.78. The molecule has 9 heteroatoms. The molecule has 2 aliphatic heterocycles. The number of H-pyrrole nitrogens is 1. The lowest BCUT2D eigenvalue weighted by molar-refractivity contribution is -0.120. The van der Waals surface area contributed by atoms with E-state index in [9.17, 15) is 9.59 Å². The molecule has 3 aromatic rings. The highest BCUT2D eigenvalue weighted by Crippen LogP contribution is 2.22. The Bertz CT molecular complexity index is 1040. The lowest BCUT2D eigenvalue weighted by Gasteiger charge is -2.27. The second kappa shape index (κ2) is 8.49. The third-order valence-corrected chi connectivity index (χ3v) is 5.81. The van der Waals surface area contributed by atoms with E-state index in [2.05, 4.69) is 20.7 Å². The number of nitrogens with one attached hydrogen (secondary N) is 3. The predicted octanol–water partition coefficient (Wildman–Crippen LogP) is 2.38. The molecular formula is C21H25ClN6O2. The number of para-hydroxylation sites is 1. The van der Waals surface area contributed by atoms with Gasteiger partial charge in [-0.3, -0.25) is 14.3 Å². The van der Waals surface area contributed by atoms with Gasteiger partial charge in [0, 0.05) is 29.4 Å². The average Bonchev–Trinajstić information content (AvgIpc) is 3.36. The number of nitrogens with zero attached hydrogens (tertiary/aromatic N) is 3. The van der Waals surface area contributed by atoms with E-state index in [-0.39, 0.29) is 30.1 Å². The molecule has 3 N–H and O–H groups in total. The third-order valence-electron chi connectivity index (χ3n) is 5.81. The fourth-order valence-corrected chi connectivity index (χ4v) is 4.17. The van der Waals surface area contributed by atoms with Crippen LogP contribution in [0.4, 0.5) is 5.82 Å². The van der Waals surface area contributed by atoms with Crippen LogP contribution in [0.1, 0.15) is 29.0 Å². The number of aromatic nitrogens is 3. The molecule has 4 heterocycles. The summed E-state index contributed by atoms with van der Waals surface area (Å²) in [5, 5.41) is 11.8. The van der Waals surface area contributed by atoms with Crippen molar-refractivity contribution in [3.05, 3.63) is 47.8 Å². The summed E-state index contributed by atoms with van der Waals surface area (Å²) in [4.78, 5) is 30.5. The normalized spacial score (nSPS) is 16.7. The van der Waals surface area contributed by atoms with Crippen molar-refractivity contribution in [1.82, 2.24) is 25.0 Å². The van der Waals surface area contributed by atoms with Crippen molar-refractivity contribution in [3.63, 3.8) is 0 Å². The van der Waals surface area contributed by atoms with Crippen molar-refractivity contribution in [3.8, 4) is 0 Å². The molecule has 0 bridgehead atoms. The van der Waals surface area contributed by atoms with Crippen LogP contribution in [-0.2, 0) is 17.9 Å². The summed E-state index contributed by atoms with van der Waals surface area (Å²) in [7, 11) is 0. The van der Waals surface area contributed by atoms with Gasteiger partial charge in [0.05, 0.1) is 18.8 Å². The molecule has 0 radical (unpaired) electrons. The maximum Gasteiger partial charge on any atom is 0.270 e. The van der Waals surface area contributed by atoms with E-state index in [4.69, 9.17) is 0 Å². The number of hydrogen-bond donors (Lipinski definition) is 3. The summed E-state index contributed by atoms with van der Waals surface area (Å²) < 4.78 is 1.88. The Balaban J connectivity index is 0.00000218. The number of aromatic amines is 1. The number of carbonyl (C=O) groups excluding carboxylic acids is 2. The summed E-state index contributed by atoms with van der Waals surface area (Å²) in [6.07, 6.45) is 1.71. The SMILES string of the molecule is Cl.O=C(Nc1cc2n(n1)CCN(C(=O)c1cc3ccccc3[nH]1)C2)C1CCNCC1. The van der Waals surface area contributed by atoms with Crippen LogP contribution < -0.4 is 10.6 Å². The van der Waals surface area contributed by atoms with Gasteiger partial charge in [-0.15, -0.1) is 12.4 Å². The molecule has 8 nitrogen and oxygen atoms in total. The zero-order chi connectivity index (χ0) is 19.8. The number of rotatable bonds is 3. The van der Waals surface area contributed by atoms with Gasteiger partial charge < -0.3 is 20.5 Å². The minimum atomic E-state index is -0.0195. The molecule has 158 valence electrons. The van der Waals surface area contributed by atoms with Gasteiger partial charge in [-0.05, 0) is 38.1 Å². The second-order valence-electron chi connectivity index (χ2n) is 7.75. The fraction of sp³-hybridized carbons (Fsp3) is 0.381. The maximum atomic E-state index is 13.0. The number of anilines is 1. The first-order chi connectivity index (χ1) is 14.2. The van der Waals surface area contributed by atoms with Crippen LogP contribution in [0.2, 0.25) is 0 Å². The van der Waals surface area contributed by atoms with Crippen molar-refractivity contribution >= 4 is 40.9 Å². The quantitative estimate of drug-likeness (QED) is 0.597. The van der Waals surface area contributed by atoms with Gasteiger partial charge in [0.1, 0.15) is 5.69 Å². The van der Waals surface area contributed by atoms with Crippen molar-refractivity contribution in [2.75, 3.05) is 25.0 Å². The second-order valence-corrected chi connectivity index (χ2v) is 7.75. The van der Waals surface area contributed by atoms with Gasteiger partial charge in [0.2, 0.25) is 5.91 Å². The van der Waals surface area contributed by atoms with Gasteiger partial charge in [0.25, 0.3) is 5.91 Å². The number of hydrogen-bond acceptors (Lipinski definition) is 4. The Labute approximate surface area is 180 Å². The van der Waals surface area contributed by atoms with E-state index in [1.165, 1.54) is 0 Å². The molecule has 0 atom stereocenters. The largest absolute Gasteiger partial charge is 0.351 e. The number of carbonyl (C=O) groups is 2. The van der Waals surface area contributed by atoms with Gasteiger partial charge in [-0.1, -0.05) is 18.2 Å². The Morgan fingerprint density at radius 1 is 1.10 bits per heavy atom. The minimum Gasteiger partial charge on any atom is -0.351 e. The predicted molar refractivity (Wildman–Crippen MR) is 117 cm³/mol. The number of fused-ring (bicyclic) bond motifs is 2. The minimum absolute atomic E-state index is 0. The Hall–Kier alpha value is -2.84. The van der Waals surface area contributed by atoms with Crippen LogP contribution in [-0.4, -0.2) is 51.1 Å². The summed E-state index contributed by atoms with van der Waals surface area (Å²) in [6.45, 7) is 3.44. The summed E-state index contributed by atoms with van der Waals surface area (Å²) in [5.41, 5.74) is 2.49. The molecule has 0 saturated carbocycles. The van der Waals surface area contributed by atoms with Gasteiger partial charge in [-0.25, -0.2) is 0 Å². The molecule has 5 rings (SSSR count). The van der Waals surface area contributed by atoms with Crippen molar-refractivity contribution in [2.24, 2.45) is 5.92 Å². The first-order valence-electron chi connectivity index (χ1n) is 10.1. The smallest absolute Gasteiger partial charge is 0.270 e. The maximum absolute atomic E-state index is 13.0. The highest BCUT2D eigenvalue weighted by molar-refractivity contribution is 5.98. The van der Waals surface area contributed by atoms with Gasteiger partial charge in [0.15, 0.2) is 5.82 Å². The first kappa shape index (κ1) is 20.4. The van der Waals surface area contributed by atoms with E-state index in [0.29, 0.717) is 31.1 Å². The van der Waals surface area contributed by atoms with Crippen LogP contribution in [0.3, 0.4) is 0 Å². The van der Waals surface area contributed by atoms with Crippen molar-refractivity contribution in [1.29, 1.82) is 0 Å². The molecule has 2 aromatic heterocycles. The van der Waals surface area contributed by atoms with E-state index in [1.807, 2.05) is 46.0 Å². The molecular weight excluding hydrogens is 404 g/mol. The molecule has 2 aliphatic rings. The van der Waals surface area contributed by atoms with Crippen LogP contribution in [0.25, 0.3) is 10.9 Å². The third kappa shape index (κ3) is 3.93. The van der Waals surface area contributed by atoms with Crippen molar-refractivity contribution in [2.45, 2.75) is 25.9 Å². The lowest BCUT2D eigenvalue weighted by Crippen LogP contribution is -2.38. The van der Waals surface area contributed by atoms with Crippen molar-refractivity contribution < 1.29 is 9.59 Å². The number of piperidine rings is 1. The molecule has 1 saturated heterocycles. The molecule has 1 aromatic carbocycles.